The van der Waals surface area contributed by atoms with Gasteiger partial charge in [0.1, 0.15) is 11.4 Å². The summed E-state index contributed by atoms with van der Waals surface area (Å²) in [6, 6.07) is 1.79. The molecule has 3 aromatic rings. The topological polar surface area (TPSA) is 134 Å². The first-order chi connectivity index (χ1) is 17.7. The molecule has 1 fully saturated rings. The van der Waals surface area contributed by atoms with E-state index in [1.165, 1.54) is 7.11 Å². The van der Waals surface area contributed by atoms with E-state index in [4.69, 9.17) is 9.47 Å². The lowest BCUT2D eigenvalue weighted by molar-refractivity contribution is -0.0169. The maximum absolute atomic E-state index is 13.6. The van der Waals surface area contributed by atoms with Crippen molar-refractivity contribution in [1.82, 2.24) is 29.7 Å². The molecule has 12 heteroatoms. The Bertz CT molecular complexity index is 1290. The van der Waals surface area contributed by atoms with Crippen LogP contribution in [0.2, 0.25) is 0 Å². The van der Waals surface area contributed by atoms with E-state index < -0.39 is 21.4 Å². The number of nitrogens with zero attached hydrogens (tertiary/aromatic N) is 6. The average molecular weight is 530 g/mol. The molecule has 0 aliphatic carbocycles. The molecule has 11 nitrogen and oxygen atoms in total. The van der Waals surface area contributed by atoms with Crippen molar-refractivity contribution in [3.63, 3.8) is 0 Å². The van der Waals surface area contributed by atoms with E-state index in [9.17, 15) is 8.42 Å². The second-order valence-electron chi connectivity index (χ2n) is 9.48. The summed E-state index contributed by atoms with van der Waals surface area (Å²) in [5, 5.41) is 7.68. The van der Waals surface area contributed by atoms with Crippen LogP contribution in [-0.4, -0.2) is 63.2 Å². The number of nitrogens with one attached hydrogen (secondary N) is 1. The zero-order valence-electron chi connectivity index (χ0n) is 22.0. The molecule has 0 spiro atoms. The molecular weight excluding hydrogens is 494 g/mol. The van der Waals surface area contributed by atoms with Crippen molar-refractivity contribution < 1.29 is 17.9 Å². The van der Waals surface area contributed by atoms with Crippen LogP contribution in [0.4, 0.5) is 5.95 Å². The second-order valence-corrected chi connectivity index (χ2v) is 11.5. The Morgan fingerprint density at radius 2 is 1.89 bits per heavy atom. The molecule has 4 heterocycles. The van der Waals surface area contributed by atoms with Gasteiger partial charge in [0.2, 0.25) is 16.0 Å². The fourth-order valence-corrected chi connectivity index (χ4v) is 5.81. The molecule has 0 amide bonds. The number of aromatic nitrogens is 6. The van der Waals surface area contributed by atoms with Crippen molar-refractivity contribution in [2.45, 2.75) is 76.9 Å². The molecule has 0 aromatic carbocycles. The predicted molar refractivity (Wildman–Crippen MR) is 139 cm³/mol. The Kier molecular flexibility index (Phi) is 8.50. The molecule has 1 aliphatic rings. The van der Waals surface area contributed by atoms with Crippen LogP contribution in [0.25, 0.3) is 11.4 Å². The summed E-state index contributed by atoms with van der Waals surface area (Å²) in [6.07, 6.45) is 9.42. The molecule has 0 radical (unpaired) electrons. The number of hydrogen-bond acceptors (Lipinski definition) is 9. The lowest BCUT2D eigenvalue weighted by atomic mass is 9.99. The minimum absolute atomic E-state index is 0.0837. The van der Waals surface area contributed by atoms with E-state index in [0.29, 0.717) is 24.7 Å². The molecule has 37 heavy (non-hydrogen) atoms. The SMILES string of the molecule is CC[C@@H]([C@H]1CCCCO1)n1c(NS(=O)(=O)[C@@H](C)[C@H](OC)c2ncc(C)cn2)nnc1-c1cncc(C)c1. The van der Waals surface area contributed by atoms with Gasteiger partial charge in [-0.15, -0.1) is 10.2 Å². The van der Waals surface area contributed by atoms with E-state index in [0.717, 1.165) is 36.0 Å². The molecule has 3 aromatic heterocycles. The Morgan fingerprint density at radius 3 is 2.51 bits per heavy atom. The Hall–Kier alpha value is -2.96. The molecule has 0 bridgehead atoms. The van der Waals surface area contributed by atoms with Gasteiger partial charge in [0.25, 0.3) is 0 Å². The van der Waals surface area contributed by atoms with Crippen LogP contribution in [-0.2, 0) is 19.5 Å². The normalized spacial score (nSPS) is 18.8. The lowest BCUT2D eigenvalue weighted by Gasteiger charge is -2.32. The number of ether oxygens (including phenoxy) is 2. The third kappa shape index (κ3) is 5.97. The molecule has 200 valence electrons. The first-order valence-electron chi connectivity index (χ1n) is 12.6. The van der Waals surface area contributed by atoms with E-state index in [2.05, 4.69) is 36.8 Å². The number of pyridine rings is 1. The summed E-state index contributed by atoms with van der Waals surface area (Å²) < 4.78 is 43.4. The van der Waals surface area contributed by atoms with Crippen molar-refractivity contribution in [3.8, 4) is 11.4 Å². The fraction of sp³-hybridized carbons (Fsp3) is 0.560. The fourth-order valence-electron chi connectivity index (χ4n) is 4.67. The molecule has 1 N–H and O–H groups in total. The number of hydrogen-bond donors (Lipinski definition) is 1. The van der Waals surface area contributed by atoms with Gasteiger partial charge in [0.15, 0.2) is 11.6 Å². The summed E-state index contributed by atoms with van der Waals surface area (Å²) in [4.78, 5) is 12.9. The van der Waals surface area contributed by atoms with Gasteiger partial charge in [-0.1, -0.05) is 6.92 Å². The quantitative estimate of drug-likeness (QED) is 0.416. The first-order valence-corrected chi connectivity index (χ1v) is 14.1. The van der Waals surface area contributed by atoms with E-state index in [1.54, 1.807) is 31.7 Å². The van der Waals surface area contributed by atoms with Crippen molar-refractivity contribution in [2.75, 3.05) is 18.4 Å². The maximum atomic E-state index is 13.6. The summed E-state index contributed by atoms with van der Waals surface area (Å²) >= 11 is 0. The van der Waals surface area contributed by atoms with Gasteiger partial charge in [0.05, 0.1) is 12.1 Å². The number of aryl methyl sites for hydroxylation is 2. The number of sulfonamides is 1. The van der Waals surface area contributed by atoms with Gasteiger partial charge < -0.3 is 9.47 Å². The minimum atomic E-state index is -3.99. The third-order valence-corrected chi connectivity index (χ3v) is 8.37. The molecular formula is C25H35N7O4S. The van der Waals surface area contributed by atoms with Crippen molar-refractivity contribution in [1.29, 1.82) is 0 Å². The van der Waals surface area contributed by atoms with Gasteiger partial charge >= 0.3 is 0 Å². The number of anilines is 1. The highest BCUT2D eigenvalue weighted by atomic mass is 32.2. The Morgan fingerprint density at radius 1 is 1.14 bits per heavy atom. The second kappa shape index (κ2) is 11.6. The minimum Gasteiger partial charge on any atom is -0.376 e. The largest absolute Gasteiger partial charge is 0.376 e. The van der Waals surface area contributed by atoms with Crippen molar-refractivity contribution >= 4 is 16.0 Å². The van der Waals surface area contributed by atoms with Gasteiger partial charge in [-0.2, -0.15) is 0 Å². The van der Waals surface area contributed by atoms with Crippen LogP contribution < -0.4 is 4.72 Å². The first kappa shape index (κ1) is 27.1. The summed E-state index contributed by atoms with van der Waals surface area (Å²) in [5.41, 5.74) is 2.59. The summed E-state index contributed by atoms with van der Waals surface area (Å²) in [6.45, 7) is 8.10. The van der Waals surface area contributed by atoms with Gasteiger partial charge in [-0.3, -0.25) is 14.3 Å². The van der Waals surface area contributed by atoms with Crippen molar-refractivity contribution in [3.05, 3.63) is 47.8 Å². The highest BCUT2D eigenvalue weighted by Crippen LogP contribution is 2.34. The Balaban J connectivity index is 1.73. The molecule has 0 unspecified atom stereocenters. The summed E-state index contributed by atoms with van der Waals surface area (Å²) in [5.74, 6) is 0.956. The van der Waals surface area contributed by atoms with Crippen LogP contribution in [0.15, 0.2) is 30.9 Å². The lowest BCUT2D eigenvalue weighted by Crippen LogP contribution is -2.35. The van der Waals surface area contributed by atoms with Crippen LogP contribution in [0.3, 0.4) is 0 Å². The van der Waals surface area contributed by atoms with E-state index in [1.807, 2.05) is 24.5 Å². The molecule has 1 saturated heterocycles. The molecule has 4 atom stereocenters. The highest BCUT2D eigenvalue weighted by molar-refractivity contribution is 7.93. The zero-order valence-corrected chi connectivity index (χ0v) is 22.8. The monoisotopic (exact) mass is 529 g/mol. The van der Waals surface area contributed by atoms with Crippen LogP contribution >= 0.6 is 0 Å². The van der Waals surface area contributed by atoms with Crippen LogP contribution in [0.5, 0.6) is 0 Å². The predicted octanol–water partition coefficient (Wildman–Crippen LogP) is 3.79. The average Bonchev–Trinajstić information content (AvgIpc) is 3.29. The molecule has 4 rings (SSSR count). The van der Waals surface area contributed by atoms with Gasteiger partial charge in [-0.05, 0) is 63.6 Å². The smallest absolute Gasteiger partial charge is 0.240 e. The highest BCUT2D eigenvalue weighted by Gasteiger charge is 2.36. The number of rotatable bonds is 10. The van der Waals surface area contributed by atoms with Gasteiger partial charge in [0, 0.05) is 44.1 Å². The van der Waals surface area contributed by atoms with Crippen molar-refractivity contribution in [2.24, 2.45) is 0 Å². The number of methoxy groups -OCH3 is 1. The molecule has 1 aliphatic heterocycles. The Labute approximate surface area is 218 Å². The third-order valence-electron chi connectivity index (χ3n) is 6.68. The van der Waals surface area contributed by atoms with Crippen LogP contribution in [0.1, 0.15) is 68.6 Å². The summed E-state index contributed by atoms with van der Waals surface area (Å²) in [7, 11) is -2.55. The molecule has 0 saturated carbocycles. The van der Waals surface area contributed by atoms with Gasteiger partial charge in [-0.25, -0.2) is 18.4 Å². The standard InChI is InChI=1S/C25H35N7O4S/c1-6-20(21-9-7-8-10-36-21)32-24(19-11-16(2)12-26-15-19)29-30-25(32)31-37(33,34)18(4)22(35-5)23-27-13-17(3)14-28-23/h11-15,18,20-22H,6-10H2,1-5H3,(H,30,31)/t18-,20-,21+,22-/m0/s1. The zero-order chi connectivity index (χ0) is 26.6. The maximum Gasteiger partial charge on any atom is 0.240 e. The van der Waals surface area contributed by atoms with E-state index in [-0.39, 0.29) is 18.1 Å². The van der Waals surface area contributed by atoms with E-state index >= 15 is 0 Å². The van der Waals surface area contributed by atoms with Crippen LogP contribution in [0, 0.1) is 13.8 Å².